The highest BCUT2D eigenvalue weighted by Gasteiger charge is 2.20. The number of unbranched alkanes of at least 4 members (excludes halogenated alkanes) is 1. The van der Waals surface area contributed by atoms with Gasteiger partial charge >= 0.3 is 0 Å². The molecule has 0 aliphatic heterocycles. The molecule has 0 unspecified atom stereocenters. The lowest BCUT2D eigenvalue weighted by atomic mass is 9.99. The minimum absolute atomic E-state index is 0.141. The first-order valence-electron chi connectivity index (χ1n) is 14.6. The van der Waals surface area contributed by atoms with Crippen LogP contribution in [0.15, 0.2) is 71.5 Å². The van der Waals surface area contributed by atoms with E-state index in [0.717, 1.165) is 19.4 Å². The summed E-state index contributed by atoms with van der Waals surface area (Å²) in [4.78, 5) is 64.7. The monoisotopic (exact) mass is 607 g/mol. The summed E-state index contributed by atoms with van der Waals surface area (Å²) in [5.74, 6) is -0.625. The molecule has 44 heavy (non-hydrogen) atoms. The summed E-state index contributed by atoms with van der Waals surface area (Å²) in [5.41, 5.74) is 3.33. The van der Waals surface area contributed by atoms with Crippen LogP contribution in [0.5, 0.6) is 0 Å². The van der Waals surface area contributed by atoms with Crippen molar-refractivity contribution < 1.29 is 14.4 Å². The number of amides is 1. The van der Waals surface area contributed by atoms with Gasteiger partial charge in [-0.25, -0.2) is 9.97 Å². The Kier molecular flexibility index (Phi) is 9.40. The van der Waals surface area contributed by atoms with Gasteiger partial charge in [-0.05, 0) is 50.1 Å². The fourth-order valence-corrected chi connectivity index (χ4v) is 5.76. The van der Waals surface area contributed by atoms with Crippen LogP contribution in [0, 0.1) is 6.92 Å². The van der Waals surface area contributed by atoms with Crippen molar-refractivity contribution in [1.29, 1.82) is 0 Å². The highest BCUT2D eigenvalue weighted by atomic mass is 32.1. The number of anilines is 2. The molecular formula is C34H33N5O4S. The summed E-state index contributed by atoms with van der Waals surface area (Å²) in [6, 6.07) is 18.5. The summed E-state index contributed by atoms with van der Waals surface area (Å²) in [5, 5.41) is 6.83. The number of ketones is 2. The molecule has 5 aromatic rings. The van der Waals surface area contributed by atoms with Gasteiger partial charge in [-0.3, -0.25) is 19.2 Å². The van der Waals surface area contributed by atoms with E-state index < -0.39 is 5.56 Å². The summed E-state index contributed by atoms with van der Waals surface area (Å²) in [7, 11) is 0. The molecule has 224 valence electrons. The van der Waals surface area contributed by atoms with Gasteiger partial charge < -0.3 is 15.6 Å². The minimum atomic E-state index is -0.449. The summed E-state index contributed by atoms with van der Waals surface area (Å²) in [6.07, 6.45) is 3.14. The van der Waals surface area contributed by atoms with Crippen molar-refractivity contribution in [1.82, 2.24) is 15.0 Å². The number of rotatable bonds is 12. The molecule has 9 nitrogen and oxygen atoms in total. The summed E-state index contributed by atoms with van der Waals surface area (Å²) < 4.78 is 0. The number of hydrogen-bond donors (Lipinski definition) is 3. The summed E-state index contributed by atoms with van der Waals surface area (Å²) in [6.45, 7) is 6.63. The number of aryl methyl sites for hydroxylation is 1. The van der Waals surface area contributed by atoms with Crippen LogP contribution in [0.25, 0.3) is 22.3 Å². The Hall–Kier alpha value is -4.96. The number of nitrogens with zero attached hydrogens (tertiary/aromatic N) is 2. The summed E-state index contributed by atoms with van der Waals surface area (Å²) >= 11 is 1.31. The van der Waals surface area contributed by atoms with E-state index in [1.807, 2.05) is 6.92 Å². The van der Waals surface area contributed by atoms with Crippen molar-refractivity contribution >= 4 is 50.7 Å². The van der Waals surface area contributed by atoms with Crippen LogP contribution in [0.3, 0.4) is 0 Å². The van der Waals surface area contributed by atoms with Crippen molar-refractivity contribution in [3.8, 4) is 11.3 Å². The van der Waals surface area contributed by atoms with Crippen LogP contribution in [0.1, 0.15) is 76.4 Å². The van der Waals surface area contributed by atoms with Crippen LogP contribution in [0.2, 0.25) is 0 Å². The average Bonchev–Trinajstić information content (AvgIpc) is 3.40. The maximum Gasteiger partial charge on any atom is 0.275 e. The normalized spacial score (nSPS) is 11.0. The number of thiazole rings is 1. The Morgan fingerprint density at radius 2 is 1.61 bits per heavy atom. The minimum Gasteiger partial charge on any atom is -0.361 e. The molecule has 0 bridgehead atoms. The Bertz CT molecular complexity index is 1930. The quantitative estimate of drug-likeness (QED) is 0.105. The molecule has 2 aromatic heterocycles. The predicted octanol–water partition coefficient (Wildman–Crippen LogP) is 6.77. The van der Waals surface area contributed by atoms with Gasteiger partial charge in [-0.1, -0.05) is 68.0 Å². The van der Waals surface area contributed by atoms with Gasteiger partial charge in [-0.15, -0.1) is 0 Å². The van der Waals surface area contributed by atoms with E-state index in [0.29, 0.717) is 67.5 Å². The van der Waals surface area contributed by atoms with Crippen molar-refractivity contribution in [3.05, 3.63) is 104 Å². The van der Waals surface area contributed by atoms with E-state index >= 15 is 0 Å². The molecule has 10 heteroatoms. The molecule has 5 rings (SSSR count). The molecule has 0 spiro atoms. The molecular weight excluding hydrogens is 574 g/mol. The number of carbonyl (C=O) groups is 3. The number of aromatic amines is 1. The lowest BCUT2D eigenvalue weighted by molar-refractivity contribution is -0.116. The zero-order valence-corrected chi connectivity index (χ0v) is 25.6. The topological polar surface area (TPSA) is 134 Å². The number of carbonyl (C=O) groups excluding carboxylic acids is 3. The van der Waals surface area contributed by atoms with Gasteiger partial charge in [0.2, 0.25) is 11.7 Å². The highest BCUT2D eigenvalue weighted by Crippen LogP contribution is 2.27. The Labute approximate surface area is 258 Å². The van der Waals surface area contributed by atoms with Crippen molar-refractivity contribution in [2.75, 3.05) is 17.2 Å². The molecule has 2 heterocycles. The Morgan fingerprint density at radius 3 is 2.39 bits per heavy atom. The Balaban J connectivity index is 1.40. The third kappa shape index (κ3) is 6.65. The molecule has 0 saturated carbocycles. The Morgan fingerprint density at radius 1 is 0.864 bits per heavy atom. The third-order valence-corrected chi connectivity index (χ3v) is 8.20. The molecule has 0 atom stereocenters. The van der Waals surface area contributed by atoms with Gasteiger partial charge in [0.25, 0.3) is 5.56 Å². The fraction of sp³-hybridized carbons (Fsp3) is 0.235. The molecule has 0 fully saturated rings. The molecule has 1 amide bonds. The van der Waals surface area contributed by atoms with E-state index in [2.05, 4.69) is 32.5 Å². The molecule has 3 N–H and O–H groups in total. The van der Waals surface area contributed by atoms with Crippen molar-refractivity contribution in [2.24, 2.45) is 0 Å². The molecule has 0 aliphatic carbocycles. The fourth-order valence-electron chi connectivity index (χ4n) is 4.80. The van der Waals surface area contributed by atoms with E-state index in [4.69, 9.17) is 0 Å². The number of para-hydroxylation sites is 1. The van der Waals surface area contributed by atoms with Gasteiger partial charge in [0, 0.05) is 35.2 Å². The zero-order valence-electron chi connectivity index (χ0n) is 24.8. The van der Waals surface area contributed by atoms with Crippen molar-refractivity contribution in [2.45, 2.75) is 46.5 Å². The standard InChI is InChI=1S/C34H33N5O4S/c1-4-6-17-35-34-36-20(3)32(44-34)31(42)22-12-9-11-21(18-22)30(41)23-15-16-26-27(19-23)39-33(43)29(38-26)24-13-7-8-14-25(24)37-28(40)10-5-2/h7-9,11-16,18-19H,4-6,10,17H2,1-3H3,(H,35,36)(H,37,40)(H,39,43). The number of aromatic nitrogens is 3. The van der Waals surface area contributed by atoms with E-state index in [9.17, 15) is 19.2 Å². The number of fused-ring (bicyclic) bond motifs is 1. The smallest absolute Gasteiger partial charge is 0.275 e. The predicted molar refractivity (Wildman–Crippen MR) is 175 cm³/mol. The van der Waals surface area contributed by atoms with Crippen LogP contribution in [-0.2, 0) is 4.79 Å². The van der Waals surface area contributed by atoms with Crippen LogP contribution in [-0.4, -0.2) is 39.0 Å². The van der Waals surface area contributed by atoms with Crippen LogP contribution < -0.4 is 16.2 Å². The first-order valence-corrected chi connectivity index (χ1v) is 15.4. The second kappa shape index (κ2) is 13.6. The average molecular weight is 608 g/mol. The van der Waals surface area contributed by atoms with Crippen LogP contribution in [0.4, 0.5) is 10.8 Å². The third-order valence-electron chi connectivity index (χ3n) is 7.08. The number of H-pyrrole nitrogens is 1. The van der Waals surface area contributed by atoms with Gasteiger partial charge in [0.05, 0.1) is 27.3 Å². The van der Waals surface area contributed by atoms with Gasteiger partial charge in [0.1, 0.15) is 5.69 Å². The molecule has 3 aromatic carbocycles. The first-order chi connectivity index (χ1) is 21.3. The number of benzene rings is 3. The van der Waals surface area contributed by atoms with Gasteiger partial charge in [0.15, 0.2) is 10.9 Å². The number of nitrogens with one attached hydrogen (secondary N) is 3. The van der Waals surface area contributed by atoms with E-state index in [-0.39, 0.29) is 23.2 Å². The van der Waals surface area contributed by atoms with Gasteiger partial charge in [-0.2, -0.15) is 0 Å². The second-order valence-corrected chi connectivity index (χ2v) is 11.4. The maximum absolute atomic E-state index is 13.5. The maximum atomic E-state index is 13.5. The lowest BCUT2D eigenvalue weighted by Crippen LogP contribution is -2.15. The second-order valence-electron chi connectivity index (χ2n) is 10.4. The number of hydrogen-bond acceptors (Lipinski definition) is 8. The van der Waals surface area contributed by atoms with E-state index in [1.54, 1.807) is 73.7 Å². The lowest BCUT2D eigenvalue weighted by Gasteiger charge is -2.11. The largest absolute Gasteiger partial charge is 0.361 e. The SMILES string of the molecule is CCCCNc1nc(C)c(C(=O)c2cccc(C(=O)c3ccc4nc(-c5ccccc5NC(=O)CCC)c(=O)[nH]c4c3)c2)s1. The molecule has 0 aliphatic rings. The first kappa shape index (κ1) is 30.5. The van der Waals surface area contributed by atoms with Crippen LogP contribution >= 0.6 is 11.3 Å². The molecule has 0 radical (unpaired) electrons. The zero-order chi connectivity index (χ0) is 31.2. The highest BCUT2D eigenvalue weighted by molar-refractivity contribution is 7.17. The molecule has 0 saturated heterocycles. The van der Waals surface area contributed by atoms with Crippen molar-refractivity contribution in [3.63, 3.8) is 0 Å². The van der Waals surface area contributed by atoms with E-state index in [1.165, 1.54) is 11.3 Å².